The highest BCUT2D eigenvalue weighted by Gasteiger charge is 1.94. The molecule has 0 radical (unpaired) electrons. The second-order valence-electron chi connectivity index (χ2n) is 2.12. The second-order valence-corrected chi connectivity index (χ2v) is 2.73. The van der Waals surface area contributed by atoms with E-state index in [1.807, 2.05) is 19.9 Å². The van der Waals surface area contributed by atoms with E-state index in [1.165, 1.54) is 0 Å². The summed E-state index contributed by atoms with van der Waals surface area (Å²) in [7, 11) is 0. The average molecular weight is 155 g/mol. The van der Waals surface area contributed by atoms with Gasteiger partial charge in [0.05, 0.1) is 4.99 Å². The van der Waals surface area contributed by atoms with Crippen LogP contribution in [0.15, 0.2) is 6.07 Å². The van der Waals surface area contributed by atoms with Gasteiger partial charge in [-0.15, -0.1) is 0 Å². The van der Waals surface area contributed by atoms with Crippen molar-refractivity contribution in [1.82, 2.24) is 10.2 Å². The number of nitrogens with zero attached hydrogens (tertiary/aromatic N) is 1. The number of H-pyrrole nitrogens is 1. The summed E-state index contributed by atoms with van der Waals surface area (Å²) in [6, 6.07) is 1.90. The van der Waals surface area contributed by atoms with Crippen molar-refractivity contribution in [1.29, 1.82) is 0 Å². The zero-order valence-corrected chi connectivity index (χ0v) is 6.75. The van der Waals surface area contributed by atoms with Crippen LogP contribution in [0.5, 0.6) is 0 Å². The lowest BCUT2D eigenvalue weighted by Gasteiger charge is -1.94. The van der Waals surface area contributed by atoms with Crippen LogP contribution in [-0.2, 0) is 0 Å². The molecule has 3 nitrogen and oxygen atoms in total. The summed E-state index contributed by atoms with van der Waals surface area (Å²) in [6.07, 6.45) is 0. The van der Waals surface area contributed by atoms with Crippen LogP contribution in [0, 0.1) is 6.92 Å². The summed E-state index contributed by atoms with van der Waals surface area (Å²) in [5.74, 6) is 0.782. The molecule has 1 rings (SSSR count). The molecule has 0 aliphatic carbocycles. The first-order valence-electron chi connectivity index (χ1n) is 2.98. The average Bonchev–Trinajstić information content (AvgIpc) is 2.13. The van der Waals surface area contributed by atoms with Crippen LogP contribution in [0.4, 0.5) is 5.82 Å². The molecule has 0 aromatic carbocycles. The van der Waals surface area contributed by atoms with Crippen molar-refractivity contribution in [2.45, 2.75) is 13.8 Å². The van der Waals surface area contributed by atoms with Crippen LogP contribution in [0.3, 0.4) is 0 Å². The molecule has 1 heterocycles. The van der Waals surface area contributed by atoms with Crippen molar-refractivity contribution in [3.8, 4) is 0 Å². The summed E-state index contributed by atoms with van der Waals surface area (Å²) in [6.45, 7) is 3.76. The fourth-order valence-corrected chi connectivity index (χ4v) is 0.767. The highest BCUT2D eigenvalue weighted by molar-refractivity contribution is 7.80. The Kier molecular flexibility index (Phi) is 2.01. The number of rotatable bonds is 1. The van der Waals surface area contributed by atoms with Gasteiger partial charge in [-0.05, 0) is 13.8 Å². The highest BCUT2D eigenvalue weighted by Crippen LogP contribution is 2.02. The molecule has 0 bridgehead atoms. The van der Waals surface area contributed by atoms with Gasteiger partial charge in [0, 0.05) is 11.8 Å². The Morgan fingerprint density at radius 2 is 2.50 bits per heavy atom. The van der Waals surface area contributed by atoms with E-state index in [-0.39, 0.29) is 0 Å². The zero-order valence-electron chi connectivity index (χ0n) is 5.93. The largest absolute Gasteiger partial charge is 0.333 e. The third-order valence-electron chi connectivity index (χ3n) is 1.01. The molecule has 0 amide bonds. The van der Waals surface area contributed by atoms with Gasteiger partial charge in [-0.2, -0.15) is 5.10 Å². The van der Waals surface area contributed by atoms with Crippen LogP contribution >= 0.6 is 12.2 Å². The molecule has 0 aliphatic rings. The Morgan fingerprint density at radius 3 is 2.90 bits per heavy atom. The molecule has 4 heteroatoms. The maximum absolute atomic E-state index is 4.82. The molecule has 0 fully saturated rings. The van der Waals surface area contributed by atoms with Gasteiger partial charge in [-0.25, -0.2) is 0 Å². The number of hydrogen-bond donors (Lipinski definition) is 2. The van der Waals surface area contributed by atoms with E-state index in [1.54, 1.807) is 0 Å². The first-order valence-corrected chi connectivity index (χ1v) is 3.39. The number of thiocarbonyl (C=S) groups is 1. The van der Waals surface area contributed by atoms with Gasteiger partial charge >= 0.3 is 0 Å². The SMILES string of the molecule is CC(=S)Nc1cc(C)[nH]n1. The minimum atomic E-state index is 0.728. The molecule has 1 aromatic heterocycles. The van der Waals surface area contributed by atoms with Crippen molar-refractivity contribution >= 4 is 23.0 Å². The fraction of sp³-hybridized carbons (Fsp3) is 0.333. The molecular weight excluding hydrogens is 146 g/mol. The van der Waals surface area contributed by atoms with Gasteiger partial charge in [0.1, 0.15) is 0 Å². The lowest BCUT2D eigenvalue weighted by Crippen LogP contribution is -2.03. The lowest BCUT2D eigenvalue weighted by atomic mass is 10.5. The van der Waals surface area contributed by atoms with E-state index < -0.39 is 0 Å². The third-order valence-corrected chi connectivity index (χ3v) is 1.11. The van der Waals surface area contributed by atoms with E-state index in [0.29, 0.717) is 0 Å². The minimum absolute atomic E-state index is 0.728. The molecule has 0 spiro atoms. The Bertz CT molecular complexity index is 241. The molecule has 0 unspecified atom stereocenters. The van der Waals surface area contributed by atoms with E-state index in [0.717, 1.165) is 16.5 Å². The molecule has 0 saturated heterocycles. The summed E-state index contributed by atoms with van der Waals surface area (Å²) >= 11 is 4.82. The molecule has 1 aromatic rings. The number of nitrogens with one attached hydrogen (secondary N) is 2. The van der Waals surface area contributed by atoms with Gasteiger partial charge < -0.3 is 5.32 Å². The molecule has 2 N–H and O–H groups in total. The number of aromatic amines is 1. The Morgan fingerprint density at radius 1 is 1.80 bits per heavy atom. The number of hydrogen-bond acceptors (Lipinski definition) is 2. The zero-order chi connectivity index (χ0) is 7.56. The van der Waals surface area contributed by atoms with Crippen molar-refractivity contribution < 1.29 is 0 Å². The molecule has 54 valence electrons. The van der Waals surface area contributed by atoms with Crippen LogP contribution < -0.4 is 5.32 Å². The van der Waals surface area contributed by atoms with Crippen LogP contribution in [0.1, 0.15) is 12.6 Å². The third kappa shape index (κ3) is 1.80. The predicted octanol–water partition coefficient (Wildman–Crippen LogP) is 1.48. The Balaban J connectivity index is 2.67. The molecule has 0 aliphatic heterocycles. The van der Waals surface area contributed by atoms with Gasteiger partial charge in [0.25, 0.3) is 0 Å². The minimum Gasteiger partial charge on any atom is -0.333 e. The van der Waals surface area contributed by atoms with Crippen molar-refractivity contribution in [3.05, 3.63) is 11.8 Å². The quantitative estimate of drug-likeness (QED) is 0.603. The van der Waals surface area contributed by atoms with E-state index >= 15 is 0 Å². The maximum Gasteiger partial charge on any atom is 0.152 e. The standard InChI is InChI=1S/C6H9N3S/c1-4-3-6(9-8-4)7-5(2)10/h3H,1-2H3,(H2,7,8,9,10). The smallest absolute Gasteiger partial charge is 0.152 e. The monoisotopic (exact) mass is 155 g/mol. The van der Waals surface area contributed by atoms with Crippen molar-refractivity contribution in [2.75, 3.05) is 5.32 Å². The van der Waals surface area contributed by atoms with Gasteiger partial charge in [-0.3, -0.25) is 5.10 Å². The molecule has 0 saturated carbocycles. The molecule has 10 heavy (non-hydrogen) atoms. The summed E-state index contributed by atoms with van der Waals surface area (Å²) in [5.41, 5.74) is 1.03. The van der Waals surface area contributed by atoms with E-state index in [2.05, 4.69) is 15.5 Å². The number of anilines is 1. The maximum atomic E-state index is 4.82. The topological polar surface area (TPSA) is 40.7 Å². The summed E-state index contributed by atoms with van der Waals surface area (Å²) in [4.78, 5) is 0.728. The first kappa shape index (κ1) is 7.21. The Hall–Kier alpha value is -0.900. The van der Waals surface area contributed by atoms with Crippen LogP contribution in [0.25, 0.3) is 0 Å². The second kappa shape index (κ2) is 2.79. The highest BCUT2D eigenvalue weighted by atomic mass is 32.1. The summed E-state index contributed by atoms with van der Waals surface area (Å²) < 4.78 is 0. The summed E-state index contributed by atoms with van der Waals surface area (Å²) in [5, 5.41) is 9.65. The van der Waals surface area contributed by atoms with Gasteiger partial charge in [0.2, 0.25) is 0 Å². The lowest BCUT2D eigenvalue weighted by molar-refractivity contribution is 1.05. The van der Waals surface area contributed by atoms with Crippen LogP contribution in [0.2, 0.25) is 0 Å². The van der Waals surface area contributed by atoms with Crippen molar-refractivity contribution in [3.63, 3.8) is 0 Å². The first-order chi connectivity index (χ1) is 4.68. The van der Waals surface area contributed by atoms with E-state index in [4.69, 9.17) is 12.2 Å². The van der Waals surface area contributed by atoms with Gasteiger partial charge in [-0.1, -0.05) is 12.2 Å². The van der Waals surface area contributed by atoms with Crippen molar-refractivity contribution in [2.24, 2.45) is 0 Å². The van der Waals surface area contributed by atoms with Gasteiger partial charge in [0.15, 0.2) is 5.82 Å². The predicted molar refractivity (Wildman–Crippen MR) is 45.2 cm³/mol. The Labute approximate surface area is 64.8 Å². The fourth-order valence-electron chi connectivity index (χ4n) is 0.662. The molecule has 0 atom stereocenters. The number of aromatic nitrogens is 2. The normalized spacial score (nSPS) is 9.40. The number of aryl methyl sites for hydroxylation is 1. The van der Waals surface area contributed by atoms with Crippen LogP contribution in [-0.4, -0.2) is 15.2 Å². The van der Waals surface area contributed by atoms with E-state index in [9.17, 15) is 0 Å². The molecular formula is C6H9N3S.